The number of carbonyl (C=O) groups excluding carboxylic acids is 1. The number of pyridine rings is 1. The minimum absolute atomic E-state index is 0.0937. The third-order valence-electron chi connectivity index (χ3n) is 5.00. The van der Waals surface area contributed by atoms with Crippen LogP contribution in [-0.4, -0.2) is 40.0 Å². The molecule has 29 heavy (non-hydrogen) atoms. The molecular formula is C22H24N4O2S. The summed E-state index contributed by atoms with van der Waals surface area (Å²) < 4.78 is 6.12. The number of amides is 1. The number of nitrogens with zero attached hydrogens (tertiary/aromatic N) is 3. The minimum Gasteiger partial charge on any atom is -0.490 e. The first-order valence-electron chi connectivity index (χ1n) is 9.81. The van der Waals surface area contributed by atoms with E-state index in [4.69, 9.17) is 4.74 Å². The monoisotopic (exact) mass is 408 g/mol. The fourth-order valence-corrected chi connectivity index (χ4v) is 4.03. The molecular weight excluding hydrogens is 384 g/mol. The summed E-state index contributed by atoms with van der Waals surface area (Å²) in [6.07, 6.45) is 7.51. The number of benzene rings is 1. The summed E-state index contributed by atoms with van der Waals surface area (Å²) in [6, 6.07) is 11.2. The number of hydrogen-bond acceptors (Lipinski definition) is 6. The van der Waals surface area contributed by atoms with Crippen LogP contribution in [0.25, 0.3) is 0 Å². The van der Waals surface area contributed by atoms with E-state index in [0.717, 1.165) is 43.8 Å². The Balaban J connectivity index is 1.23. The summed E-state index contributed by atoms with van der Waals surface area (Å²) in [5.41, 5.74) is 1.65. The van der Waals surface area contributed by atoms with Gasteiger partial charge in [-0.25, -0.2) is 4.98 Å². The Bertz CT molecular complexity index is 892. The predicted molar refractivity (Wildman–Crippen MR) is 113 cm³/mol. The highest BCUT2D eigenvalue weighted by Crippen LogP contribution is 2.21. The van der Waals surface area contributed by atoms with Crippen molar-refractivity contribution in [2.75, 3.05) is 13.1 Å². The summed E-state index contributed by atoms with van der Waals surface area (Å²) >= 11 is 1.71. The van der Waals surface area contributed by atoms with E-state index < -0.39 is 0 Å². The van der Waals surface area contributed by atoms with Gasteiger partial charge in [-0.2, -0.15) is 0 Å². The Kier molecular flexibility index (Phi) is 6.49. The zero-order valence-electron chi connectivity index (χ0n) is 16.2. The molecule has 1 fully saturated rings. The van der Waals surface area contributed by atoms with Crippen LogP contribution in [0.2, 0.25) is 0 Å². The molecule has 1 saturated heterocycles. The van der Waals surface area contributed by atoms with E-state index >= 15 is 0 Å². The molecule has 7 heteroatoms. The predicted octanol–water partition coefficient (Wildman–Crippen LogP) is 3.51. The molecule has 0 aliphatic carbocycles. The lowest BCUT2D eigenvalue weighted by molar-refractivity contribution is 0.0948. The number of nitrogens with one attached hydrogen (secondary N) is 1. The summed E-state index contributed by atoms with van der Waals surface area (Å²) in [6.45, 7) is 3.44. The second-order valence-corrected chi connectivity index (χ2v) is 8.06. The summed E-state index contributed by atoms with van der Waals surface area (Å²) in [4.78, 5) is 23.1. The number of thiazole rings is 1. The molecule has 0 unspecified atom stereocenters. The molecule has 1 aliphatic rings. The van der Waals surface area contributed by atoms with Crippen LogP contribution < -0.4 is 10.1 Å². The maximum atomic E-state index is 12.3. The van der Waals surface area contributed by atoms with Crippen LogP contribution in [0, 0.1) is 0 Å². The smallest absolute Gasteiger partial charge is 0.251 e. The standard InChI is InChI=1S/C22H24N4O2S/c27-22(25-15-17-5-9-23-10-6-17)18-1-3-19(4-2-18)28-20-7-12-26(13-8-20)16-21-24-11-14-29-21/h1-6,9-11,14,20H,7-8,12-13,15-16H2,(H,25,27). The highest BCUT2D eigenvalue weighted by molar-refractivity contribution is 7.09. The van der Waals surface area contributed by atoms with Crippen molar-refractivity contribution in [3.63, 3.8) is 0 Å². The number of likely N-dealkylation sites (tertiary alicyclic amines) is 1. The van der Waals surface area contributed by atoms with Crippen LogP contribution in [0.4, 0.5) is 0 Å². The van der Waals surface area contributed by atoms with Crippen molar-refractivity contribution in [2.24, 2.45) is 0 Å². The Morgan fingerprint density at radius 1 is 1.10 bits per heavy atom. The first-order valence-corrected chi connectivity index (χ1v) is 10.7. The summed E-state index contributed by atoms with van der Waals surface area (Å²) in [5.74, 6) is 0.720. The first-order chi connectivity index (χ1) is 14.3. The van der Waals surface area contributed by atoms with Crippen LogP contribution in [0.1, 0.15) is 33.8 Å². The molecule has 3 aromatic rings. The van der Waals surface area contributed by atoms with Crippen molar-refractivity contribution < 1.29 is 9.53 Å². The first kappa shape index (κ1) is 19.5. The van der Waals surface area contributed by atoms with Crippen molar-refractivity contribution in [2.45, 2.75) is 32.0 Å². The van der Waals surface area contributed by atoms with Crippen molar-refractivity contribution in [3.8, 4) is 5.75 Å². The maximum Gasteiger partial charge on any atom is 0.251 e. The molecule has 0 atom stereocenters. The SMILES string of the molecule is O=C(NCc1ccncc1)c1ccc(OC2CCN(Cc3nccs3)CC2)cc1. The average molecular weight is 409 g/mol. The van der Waals surface area contributed by atoms with Gasteiger partial charge < -0.3 is 10.1 Å². The molecule has 1 N–H and O–H groups in total. The fraction of sp³-hybridized carbons (Fsp3) is 0.318. The zero-order chi connectivity index (χ0) is 19.9. The molecule has 1 aromatic carbocycles. The highest BCUT2D eigenvalue weighted by atomic mass is 32.1. The molecule has 1 aliphatic heterocycles. The van der Waals surface area contributed by atoms with E-state index in [1.807, 2.05) is 48.0 Å². The van der Waals surface area contributed by atoms with E-state index in [9.17, 15) is 4.79 Å². The van der Waals surface area contributed by atoms with Gasteiger partial charge in [0.1, 0.15) is 16.9 Å². The molecule has 150 valence electrons. The third-order valence-corrected chi connectivity index (χ3v) is 5.76. The van der Waals surface area contributed by atoms with Gasteiger partial charge in [-0.1, -0.05) is 0 Å². The lowest BCUT2D eigenvalue weighted by Crippen LogP contribution is -2.37. The van der Waals surface area contributed by atoms with E-state index in [1.165, 1.54) is 5.01 Å². The molecule has 1 amide bonds. The molecule has 4 rings (SSSR count). The number of piperidine rings is 1. The van der Waals surface area contributed by atoms with Crippen LogP contribution in [0.3, 0.4) is 0 Å². The Morgan fingerprint density at radius 3 is 2.55 bits per heavy atom. The molecule has 3 heterocycles. The van der Waals surface area contributed by atoms with Gasteiger partial charge in [0.25, 0.3) is 5.91 Å². The second-order valence-electron chi connectivity index (χ2n) is 7.08. The van der Waals surface area contributed by atoms with Gasteiger partial charge in [0.15, 0.2) is 0 Å². The van der Waals surface area contributed by atoms with Crippen LogP contribution in [0.15, 0.2) is 60.4 Å². The number of ether oxygens (including phenoxy) is 1. The zero-order valence-corrected chi connectivity index (χ0v) is 17.0. The highest BCUT2D eigenvalue weighted by Gasteiger charge is 2.21. The number of hydrogen-bond donors (Lipinski definition) is 1. The lowest BCUT2D eigenvalue weighted by atomic mass is 10.1. The number of aromatic nitrogens is 2. The van der Waals surface area contributed by atoms with Gasteiger partial charge >= 0.3 is 0 Å². The number of carbonyl (C=O) groups is 1. The van der Waals surface area contributed by atoms with E-state index in [1.54, 1.807) is 23.7 Å². The van der Waals surface area contributed by atoms with Crippen molar-refractivity contribution in [1.82, 2.24) is 20.2 Å². The van der Waals surface area contributed by atoms with E-state index in [-0.39, 0.29) is 12.0 Å². The van der Waals surface area contributed by atoms with Gasteiger partial charge in [0.2, 0.25) is 0 Å². The normalized spacial score (nSPS) is 15.2. The lowest BCUT2D eigenvalue weighted by Gasteiger charge is -2.31. The van der Waals surface area contributed by atoms with Gasteiger partial charge in [-0.3, -0.25) is 14.7 Å². The fourth-order valence-electron chi connectivity index (χ4n) is 3.37. The minimum atomic E-state index is -0.0937. The van der Waals surface area contributed by atoms with E-state index in [0.29, 0.717) is 12.1 Å². The van der Waals surface area contributed by atoms with Gasteiger partial charge in [-0.15, -0.1) is 11.3 Å². The quantitative estimate of drug-likeness (QED) is 0.648. The third kappa shape index (κ3) is 5.62. The van der Waals surface area contributed by atoms with Crippen LogP contribution >= 0.6 is 11.3 Å². The van der Waals surface area contributed by atoms with Crippen LogP contribution in [-0.2, 0) is 13.1 Å². The van der Waals surface area contributed by atoms with Gasteiger partial charge in [0.05, 0.1) is 6.54 Å². The van der Waals surface area contributed by atoms with Gasteiger partial charge in [-0.05, 0) is 54.8 Å². The van der Waals surface area contributed by atoms with Gasteiger partial charge in [0, 0.05) is 49.2 Å². The Hall–Kier alpha value is -2.77. The maximum absolute atomic E-state index is 12.3. The largest absolute Gasteiger partial charge is 0.490 e. The topological polar surface area (TPSA) is 67.3 Å². The average Bonchev–Trinajstić information content (AvgIpc) is 3.28. The Morgan fingerprint density at radius 2 is 1.86 bits per heavy atom. The van der Waals surface area contributed by atoms with Crippen molar-refractivity contribution in [1.29, 1.82) is 0 Å². The summed E-state index contributed by atoms with van der Waals surface area (Å²) in [5, 5.41) is 6.11. The van der Waals surface area contributed by atoms with Crippen molar-refractivity contribution >= 4 is 17.2 Å². The molecule has 0 bridgehead atoms. The molecule has 0 radical (unpaired) electrons. The number of rotatable bonds is 7. The second kappa shape index (κ2) is 9.62. The Labute approximate surface area is 174 Å². The van der Waals surface area contributed by atoms with Crippen LogP contribution in [0.5, 0.6) is 5.75 Å². The molecule has 2 aromatic heterocycles. The molecule has 0 saturated carbocycles. The molecule has 0 spiro atoms. The summed E-state index contributed by atoms with van der Waals surface area (Å²) in [7, 11) is 0. The van der Waals surface area contributed by atoms with Crippen molar-refractivity contribution in [3.05, 3.63) is 76.5 Å². The van der Waals surface area contributed by atoms with E-state index in [2.05, 4.69) is 20.2 Å². The molecule has 6 nitrogen and oxygen atoms in total.